The molecule has 0 unspecified atom stereocenters. The lowest BCUT2D eigenvalue weighted by atomic mass is 10.0. The van der Waals surface area contributed by atoms with Crippen molar-refractivity contribution in [3.63, 3.8) is 0 Å². The molecule has 13 heteroatoms. The van der Waals surface area contributed by atoms with Gasteiger partial charge in [0.25, 0.3) is 0 Å². The van der Waals surface area contributed by atoms with Gasteiger partial charge in [0, 0.05) is 0 Å². The maximum Gasteiger partial charge on any atom is 0.707 e. The highest BCUT2D eigenvalue weighted by Gasteiger charge is 2.46. The molecule has 0 radical (unpaired) electrons. The number of alkyl halides is 9. The smallest absolute Gasteiger partial charge is 0.511 e. The first-order chi connectivity index (χ1) is 9.64. The van der Waals surface area contributed by atoms with E-state index >= 15 is 0 Å². The van der Waals surface area contributed by atoms with Crippen molar-refractivity contribution in [2.24, 2.45) is 0 Å². The molecule has 1 aromatic carbocycles. The normalized spacial score (nSPS) is 13.2. The third-order valence-corrected chi connectivity index (χ3v) is 2.25. The minimum atomic E-state index is -5.66. The van der Waals surface area contributed by atoms with Crippen LogP contribution in [0.15, 0.2) is 12.1 Å². The molecule has 0 atom stereocenters. The molecule has 0 aliphatic heterocycles. The van der Waals surface area contributed by atoms with E-state index in [1.807, 2.05) is 0 Å². The molecule has 1 rings (SSSR count). The number of rotatable bonds is 2. The highest BCUT2D eigenvalue weighted by Crippen LogP contribution is 2.47. The molecule has 0 bridgehead atoms. The third-order valence-electron chi connectivity index (χ3n) is 2.25. The number of halogens is 9. The largest absolute Gasteiger partial charge is 0.707 e. The van der Waals surface area contributed by atoms with Crippen LogP contribution in [0.5, 0.6) is 5.75 Å². The van der Waals surface area contributed by atoms with Gasteiger partial charge in [0.2, 0.25) is 0 Å². The first-order valence-electron chi connectivity index (χ1n) is 5.06. The molecule has 0 heterocycles. The molecule has 0 aliphatic carbocycles. The molecule has 124 valence electrons. The molecule has 0 saturated heterocycles. The molecule has 1 aromatic rings. The second-order valence-corrected chi connectivity index (χ2v) is 3.84. The van der Waals surface area contributed by atoms with Crippen LogP contribution < -0.4 is 4.65 Å². The average molecular weight is 342 g/mol. The molecule has 0 saturated carbocycles. The first kappa shape index (κ1) is 18.4. The van der Waals surface area contributed by atoms with Crippen LogP contribution in [0.2, 0.25) is 0 Å². The monoisotopic (exact) mass is 342 g/mol. The van der Waals surface area contributed by atoms with E-state index in [9.17, 15) is 39.5 Å². The van der Waals surface area contributed by atoms with Gasteiger partial charge in [0.05, 0.1) is 16.7 Å². The zero-order valence-corrected chi connectivity index (χ0v) is 9.94. The van der Waals surface area contributed by atoms with Crippen molar-refractivity contribution < 1.29 is 54.2 Å². The summed E-state index contributed by atoms with van der Waals surface area (Å²) in [6, 6.07) is -1.24. The van der Waals surface area contributed by atoms with Crippen LogP contribution in [0.1, 0.15) is 16.7 Å². The summed E-state index contributed by atoms with van der Waals surface area (Å²) in [6.07, 6.45) is -16.8. The number of hydrogen-bond acceptors (Lipinski definition) is 3. The van der Waals surface area contributed by atoms with Crippen molar-refractivity contribution in [2.45, 2.75) is 18.5 Å². The molecule has 0 spiro atoms. The molecular formula is C9H4BF9O3. The Bertz CT molecular complexity index is 512. The lowest BCUT2D eigenvalue weighted by Gasteiger charge is -2.21. The van der Waals surface area contributed by atoms with E-state index in [0.717, 1.165) is 0 Å². The summed E-state index contributed by atoms with van der Waals surface area (Å²) < 4.78 is 117. The minimum absolute atomic E-state index is 0.618. The maximum atomic E-state index is 12.7. The minimum Gasteiger partial charge on any atom is -0.511 e. The average Bonchev–Trinajstić information content (AvgIpc) is 2.23. The quantitative estimate of drug-likeness (QED) is 0.642. The van der Waals surface area contributed by atoms with Crippen LogP contribution in [0.3, 0.4) is 0 Å². The number of hydrogen-bond donors (Lipinski definition) is 2. The van der Waals surface area contributed by atoms with Gasteiger partial charge >= 0.3 is 25.9 Å². The van der Waals surface area contributed by atoms with Crippen LogP contribution in [0.4, 0.5) is 39.5 Å². The van der Waals surface area contributed by atoms with Crippen molar-refractivity contribution in [3.05, 3.63) is 28.8 Å². The van der Waals surface area contributed by atoms with Gasteiger partial charge in [-0.25, -0.2) is 0 Å². The van der Waals surface area contributed by atoms with Gasteiger partial charge < -0.3 is 14.7 Å². The topological polar surface area (TPSA) is 49.7 Å². The van der Waals surface area contributed by atoms with E-state index in [0.29, 0.717) is 0 Å². The van der Waals surface area contributed by atoms with Gasteiger partial charge in [-0.3, -0.25) is 0 Å². The summed E-state index contributed by atoms with van der Waals surface area (Å²) in [4.78, 5) is 0. The highest BCUT2D eigenvalue weighted by atomic mass is 19.4. The van der Waals surface area contributed by atoms with Crippen molar-refractivity contribution in [1.82, 2.24) is 0 Å². The van der Waals surface area contributed by atoms with Crippen LogP contribution in [0.25, 0.3) is 0 Å². The van der Waals surface area contributed by atoms with E-state index in [-0.39, 0.29) is 0 Å². The Morgan fingerprint density at radius 2 is 1.09 bits per heavy atom. The summed E-state index contributed by atoms with van der Waals surface area (Å²) in [6.45, 7) is 0. The fraction of sp³-hybridized carbons (Fsp3) is 0.333. The van der Waals surface area contributed by atoms with E-state index in [2.05, 4.69) is 4.65 Å². The first-order valence-corrected chi connectivity index (χ1v) is 5.06. The van der Waals surface area contributed by atoms with Gasteiger partial charge in [-0.15, -0.1) is 0 Å². The van der Waals surface area contributed by atoms with E-state index in [1.165, 1.54) is 0 Å². The van der Waals surface area contributed by atoms with E-state index in [4.69, 9.17) is 10.0 Å². The molecule has 0 aromatic heterocycles. The predicted octanol–water partition coefficient (Wildman–Crippen LogP) is 3.09. The van der Waals surface area contributed by atoms with Gasteiger partial charge in [0.1, 0.15) is 5.75 Å². The highest BCUT2D eigenvalue weighted by molar-refractivity contribution is 6.33. The lowest BCUT2D eigenvalue weighted by Crippen LogP contribution is -2.26. The predicted molar refractivity (Wildman–Crippen MR) is 52.3 cm³/mol. The van der Waals surface area contributed by atoms with E-state index < -0.39 is 60.4 Å². The van der Waals surface area contributed by atoms with Crippen molar-refractivity contribution in [3.8, 4) is 5.75 Å². The molecule has 0 aliphatic rings. The fourth-order valence-electron chi connectivity index (χ4n) is 1.45. The molecular weight excluding hydrogens is 338 g/mol. The van der Waals surface area contributed by atoms with E-state index in [1.54, 1.807) is 0 Å². The summed E-state index contributed by atoms with van der Waals surface area (Å²) >= 11 is 0. The molecule has 3 nitrogen and oxygen atoms in total. The Kier molecular flexibility index (Phi) is 4.64. The molecule has 22 heavy (non-hydrogen) atoms. The van der Waals surface area contributed by atoms with Gasteiger partial charge in [0.15, 0.2) is 0 Å². The number of benzene rings is 1. The second-order valence-electron chi connectivity index (χ2n) is 3.84. The summed E-state index contributed by atoms with van der Waals surface area (Å²) in [5.74, 6) is -2.16. The van der Waals surface area contributed by atoms with Crippen LogP contribution >= 0.6 is 0 Å². The molecule has 0 amide bonds. The Labute approximate surface area is 116 Å². The zero-order chi connectivity index (χ0) is 17.5. The maximum absolute atomic E-state index is 12.7. The summed E-state index contributed by atoms with van der Waals surface area (Å²) in [5, 5.41) is 16.8. The molecule has 2 N–H and O–H groups in total. The Balaban J connectivity index is 3.78. The SMILES string of the molecule is OB(O)Oc1c(C(F)(F)F)cc(C(F)(F)F)cc1C(F)(F)F. The Hall–Kier alpha value is -1.63. The zero-order valence-electron chi connectivity index (χ0n) is 9.94. The summed E-state index contributed by atoms with van der Waals surface area (Å²) in [5.41, 5.74) is -7.10. The molecule has 0 fully saturated rings. The van der Waals surface area contributed by atoms with Gasteiger partial charge in [-0.05, 0) is 12.1 Å². The summed E-state index contributed by atoms with van der Waals surface area (Å²) in [7, 11) is -3.10. The van der Waals surface area contributed by atoms with Crippen molar-refractivity contribution in [1.29, 1.82) is 0 Å². The standard InChI is InChI=1S/C9H4BF9O3/c11-7(12,13)3-1-4(8(14,15)16)6(22-10(20)21)5(2-3)9(17,18)19/h1-2,20-21H. The van der Waals surface area contributed by atoms with Crippen LogP contribution in [-0.2, 0) is 18.5 Å². The third kappa shape index (κ3) is 4.19. The van der Waals surface area contributed by atoms with Crippen molar-refractivity contribution >= 4 is 7.32 Å². The Morgan fingerprint density at radius 1 is 0.727 bits per heavy atom. The Morgan fingerprint density at radius 3 is 1.32 bits per heavy atom. The van der Waals surface area contributed by atoms with Gasteiger partial charge in [-0.2, -0.15) is 39.5 Å². The second kappa shape index (κ2) is 5.54. The van der Waals surface area contributed by atoms with Gasteiger partial charge in [-0.1, -0.05) is 0 Å². The van der Waals surface area contributed by atoms with Crippen LogP contribution in [-0.4, -0.2) is 17.4 Å². The van der Waals surface area contributed by atoms with Crippen molar-refractivity contribution in [2.75, 3.05) is 0 Å². The van der Waals surface area contributed by atoms with Crippen LogP contribution in [0, 0.1) is 0 Å². The fourth-order valence-corrected chi connectivity index (χ4v) is 1.45. The lowest BCUT2D eigenvalue weighted by molar-refractivity contribution is -0.149.